The summed E-state index contributed by atoms with van der Waals surface area (Å²) in [5.74, 6) is -4.83. The lowest BCUT2D eigenvalue weighted by Crippen LogP contribution is -2.58. The zero-order chi connectivity index (χ0) is 33.4. The number of rotatable bonds is 9. The van der Waals surface area contributed by atoms with Gasteiger partial charge in [0, 0.05) is 17.7 Å². The lowest BCUT2D eigenvalue weighted by atomic mass is 10.00. The minimum absolute atomic E-state index is 0.0229. The molecule has 5 rings (SSSR count). The van der Waals surface area contributed by atoms with Gasteiger partial charge in [-0.2, -0.15) is 0 Å². The van der Waals surface area contributed by atoms with Crippen LogP contribution in [0.2, 0.25) is 0 Å². The summed E-state index contributed by atoms with van der Waals surface area (Å²) in [6.45, 7) is 0.279. The van der Waals surface area contributed by atoms with E-state index in [4.69, 9.17) is 33.2 Å². The topological polar surface area (TPSA) is 279 Å². The van der Waals surface area contributed by atoms with Gasteiger partial charge in [0.25, 0.3) is 0 Å². The second kappa shape index (κ2) is 13.2. The van der Waals surface area contributed by atoms with Crippen LogP contribution in [0.3, 0.4) is 0 Å². The maximum absolute atomic E-state index is 13.8. The number of aliphatic hydroxyl groups excluding tert-OH is 7. The van der Waals surface area contributed by atoms with Crippen LogP contribution in [-0.4, -0.2) is 120 Å². The minimum Gasteiger partial charge on any atom is -0.507 e. The van der Waals surface area contributed by atoms with E-state index < -0.39 is 107 Å². The molecule has 3 heterocycles. The van der Waals surface area contributed by atoms with Crippen molar-refractivity contribution in [2.45, 2.75) is 55.9 Å². The second-order valence-electron chi connectivity index (χ2n) is 10.6. The maximum atomic E-state index is 13.8. The maximum Gasteiger partial charge on any atom is 0.327 e. The van der Waals surface area contributed by atoms with Crippen LogP contribution in [-0.2, 0) is 14.2 Å². The summed E-state index contributed by atoms with van der Waals surface area (Å²) in [7, 11) is 0. The minimum atomic E-state index is -2.05. The number of hydrogen-bond donors (Lipinski definition) is 10. The van der Waals surface area contributed by atoms with Gasteiger partial charge >= 0.3 is 5.95 Å². The molecule has 1 fully saturated rings. The molecule has 2 aromatic carbocycles. The van der Waals surface area contributed by atoms with Crippen LogP contribution in [0.25, 0.3) is 22.3 Å². The Labute approximate surface area is 258 Å². The van der Waals surface area contributed by atoms with E-state index in [9.17, 15) is 50.8 Å². The highest BCUT2D eigenvalue weighted by atomic mass is 16.7. The van der Waals surface area contributed by atoms with Crippen molar-refractivity contribution in [2.75, 3.05) is 19.8 Å². The molecule has 46 heavy (non-hydrogen) atoms. The van der Waals surface area contributed by atoms with Gasteiger partial charge in [0.15, 0.2) is 29.7 Å². The number of benzene rings is 2. The molecule has 0 spiro atoms. The van der Waals surface area contributed by atoms with Crippen LogP contribution in [0.1, 0.15) is 6.92 Å². The van der Waals surface area contributed by atoms with E-state index >= 15 is 0 Å². The van der Waals surface area contributed by atoms with E-state index in [0.29, 0.717) is 0 Å². The van der Waals surface area contributed by atoms with Gasteiger partial charge in [0.2, 0.25) is 16.9 Å². The highest BCUT2D eigenvalue weighted by molar-refractivity contribution is 5.88. The Kier molecular flexibility index (Phi) is 9.47. The fraction of sp³-hybridized carbons (Fsp3) is 0.414. The summed E-state index contributed by atoms with van der Waals surface area (Å²) in [6.07, 6.45) is -12.6. The van der Waals surface area contributed by atoms with Crippen molar-refractivity contribution in [1.82, 2.24) is 0 Å². The van der Waals surface area contributed by atoms with Crippen LogP contribution >= 0.6 is 0 Å². The van der Waals surface area contributed by atoms with Crippen molar-refractivity contribution in [2.24, 2.45) is 0 Å². The van der Waals surface area contributed by atoms with Gasteiger partial charge in [-0.15, -0.1) is 0 Å². The van der Waals surface area contributed by atoms with Crippen LogP contribution in [0.5, 0.6) is 28.7 Å². The first-order valence-electron chi connectivity index (χ1n) is 13.9. The summed E-state index contributed by atoms with van der Waals surface area (Å²) >= 11 is 0. The van der Waals surface area contributed by atoms with E-state index in [2.05, 4.69) is 0 Å². The molecular formula is C29H32O17. The predicted molar refractivity (Wildman–Crippen MR) is 151 cm³/mol. The van der Waals surface area contributed by atoms with Crippen molar-refractivity contribution in [3.8, 4) is 40.1 Å². The number of fused-ring (bicyclic) bond motifs is 1. The number of aliphatic hydroxyl groups is 7. The monoisotopic (exact) mass is 652 g/mol. The third-order valence-corrected chi connectivity index (χ3v) is 7.38. The predicted octanol–water partition coefficient (Wildman–Crippen LogP) is -0.982. The lowest BCUT2D eigenvalue weighted by molar-refractivity contribution is -0.301. The van der Waals surface area contributed by atoms with Crippen molar-refractivity contribution >= 4 is 11.0 Å². The first-order chi connectivity index (χ1) is 21.8. The standard InChI is InChI=1S/C29H32O17/c1-10-19(34)22(37)24(39)28(43-10)42-9-17-20(35)23(38)25(40)29(45-17)46-27-21(36)18-15(33)7-12(41-5-4-30)8-16(18)44-26(27)11-2-3-13(31)14(32)6-11/h2-3,6-8,10,17,19-20,22-24,28,30-35,37-40H,4-5,9H2,1H3/t10?,17?,19-,20+,22?,23?,24?,28+/m0/s1. The molecule has 1 saturated heterocycles. The molecule has 8 atom stereocenters. The first kappa shape index (κ1) is 33.0. The zero-order valence-electron chi connectivity index (χ0n) is 24.0. The Bertz CT molecular complexity index is 1670. The molecule has 17 heteroatoms. The number of ether oxygens (including phenoxy) is 5. The SMILES string of the molecule is CC1O[C@@H](OCC2OC(Oc3c(-c4ccc(O)c(O)c4)oc4cc(OCCO)cc(O)c4c3=O)=C(O)C(O)[C@@H]2O)C(O)C(O)[C@H]1O. The summed E-state index contributed by atoms with van der Waals surface area (Å²) in [4.78, 5) is 13.8. The van der Waals surface area contributed by atoms with E-state index in [1.54, 1.807) is 0 Å². The van der Waals surface area contributed by atoms with Gasteiger partial charge in [-0.25, -0.2) is 0 Å². The van der Waals surface area contributed by atoms with Gasteiger partial charge in [0.05, 0.1) is 19.3 Å². The van der Waals surface area contributed by atoms with Crippen molar-refractivity contribution in [3.63, 3.8) is 0 Å². The summed E-state index contributed by atoms with van der Waals surface area (Å²) in [6, 6.07) is 5.65. The van der Waals surface area contributed by atoms with E-state index in [1.807, 2.05) is 0 Å². The van der Waals surface area contributed by atoms with Crippen molar-refractivity contribution in [3.05, 3.63) is 52.3 Å². The van der Waals surface area contributed by atoms with E-state index in [0.717, 1.165) is 18.2 Å². The highest BCUT2D eigenvalue weighted by Crippen LogP contribution is 2.40. The Morgan fingerprint density at radius 2 is 1.61 bits per heavy atom. The Hall–Kier alpha value is -4.33. The number of aromatic hydroxyl groups is 3. The molecule has 3 aromatic rings. The van der Waals surface area contributed by atoms with Gasteiger partial charge in [-0.3, -0.25) is 4.79 Å². The smallest absolute Gasteiger partial charge is 0.327 e. The normalized spacial score (nSPS) is 28.2. The Morgan fingerprint density at radius 1 is 0.870 bits per heavy atom. The number of phenolic OH excluding ortho intramolecular Hbond substituents is 3. The molecule has 10 N–H and O–H groups in total. The molecule has 250 valence electrons. The van der Waals surface area contributed by atoms with Crippen LogP contribution < -0.4 is 14.9 Å². The molecule has 17 nitrogen and oxygen atoms in total. The fourth-order valence-electron chi connectivity index (χ4n) is 4.85. The Balaban J connectivity index is 1.52. The third-order valence-electron chi connectivity index (χ3n) is 7.38. The van der Waals surface area contributed by atoms with Gasteiger partial charge < -0.3 is 79.2 Å². The molecule has 2 aliphatic heterocycles. The van der Waals surface area contributed by atoms with E-state index in [-0.39, 0.29) is 30.1 Å². The molecule has 0 amide bonds. The molecule has 0 radical (unpaired) electrons. The molecular weight excluding hydrogens is 620 g/mol. The highest BCUT2D eigenvalue weighted by Gasteiger charge is 2.45. The van der Waals surface area contributed by atoms with Crippen molar-refractivity contribution in [1.29, 1.82) is 0 Å². The fourth-order valence-corrected chi connectivity index (χ4v) is 4.85. The molecule has 2 aliphatic rings. The summed E-state index contributed by atoms with van der Waals surface area (Å²) in [5, 5.41) is 101. The molecule has 0 saturated carbocycles. The summed E-state index contributed by atoms with van der Waals surface area (Å²) < 4.78 is 33.1. The van der Waals surface area contributed by atoms with Gasteiger partial charge in [-0.05, 0) is 25.1 Å². The molecule has 0 bridgehead atoms. The molecule has 5 unspecified atom stereocenters. The van der Waals surface area contributed by atoms with Gasteiger partial charge in [-0.1, -0.05) is 0 Å². The molecule has 0 aliphatic carbocycles. The van der Waals surface area contributed by atoms with E-state index in [1.165, 1.54) is 19.1 Å². The average Bonchev–Trinajstić information content (AvgIpc) is 3.02. The number of phenols is 3. The second-order valence-corrected chi connectivity index (χ2v) is 10.6. The lowest BCUT2D eigenvalue weighted by Gasteiger charge is -2.40. The third kappa shape index (κ3) is 6.22. The van der Waals surface area contributed by atoms with Crippen molar-refractivity contribution < 1.29 is 79.2 Å². The first-order valence-corrected chi connectivity index (χ1v) is 13.9. The Morgan fingerprint density at radius 3 is 2.30 bits per heavy atom. The molecule has 1 aromatic heterocycles. The van der Waals surface area contributed by atoms with Gasteiger partial charge in [0.1, 0.15) is 59.6 Å². The van der Waals surface area contributed by atoms with Crippen LogP contribution in [0.15, 0.2) is 51.2 Å². The summed E-state index contributed by atoms with van der Waals surface area (Å²) in [5.41, 5.74) is -1.31. The van der Waals surface area contributed by atoms with Crippen LogP contribution in [0, 0.1) is 0 Å². The largest absolute Gasteiger partial charge is 0.507 e. The zero-order valence-corrected chi connectivity index (χ0v) is 24.0. The number of hydrogen-bond acceptors (Lipinski definition) is 17. The quantitative estimate of drug-likeness (QED) is 0.124. The average molecular weight is 653 g/mol. The van der Waals surface area contributed by atoms with Crippen LogP contribution in [0.4, 0.5) is 0 Å².